The second-order valence-corrected chi connectivity index (χ2v) is 4.57. The molecule has 2 N–H and O–H groups in total. The fourth-order valence-corrected chi connectivity index (χ4v) is 2.12. The molecule has 0 aliphatic rings. The predicted octanol–water partition coefficient (Wildman–Crippen LogP) is 4.62. The first kappa shape index (κ1) is 18.2. The summed E-state index contributed by atoms with van der Waals surface area (Å²) in [6.45, 7) is 0. The van der Waals surface area contributed by atoms with Gasteiger partial charge in [0.2, 0.25) is 0 Å². The average molecular weight is 396 g/mol. The first-order valence-corrected chi connectivity index (χ1v) is 7.52. The van der Waals surface area contributed by atoms with Crippen LogP contribution in [-0.2, 0) is 10.7 Å². The molecule has 2 rings (SSSR count). The topological polar surface area (TPSA) is 31.5 Å². The van der Waals surface area contributed by atoms with Crippen molar-refractivity contribution in [2.45, 2.75) is 10.7 Å². The summed E-state index contributed by atoms with van der Waals surface area (Å²) in [6.07, 6.45) is 0. The molecule has 0 saturated heterocycles. The Morgan fingerprint density at radius 1 is 0.684 bits per heavy atom. The van der Waals surface area contributed by atoms with E-state index >= 15 is 0 Å². The minimum atomic E-state index is -0.144. The van der Waals surface area contributed by atoms with E-state index in [1.807, 2.05) is 12.1 Å². The highest BCUT2D eigenvalue weighted by molar-refractivity contribution is 9.08. The van der Waals surface area contributed by atoms with Crippen LogP contribution in [0.25, 0.3) is 0 Å². The summed E-state index contributed by atoms with van der Waals surface area (Å²) in [4.78, 5) is 0. The van der Waals surface area contributed by atoms with E-state index in [1.54, 1.807) is 24.3 Å². The highest BCUT2D eigenvalue weighted by Gasteiger charge is 1.95. The van der Waals surface area contributed by atoms with Crippen molar-refractivity contribution in [3.8, 4) is 0 Å². The zero-order valence-corrected chi connectivity index (χ0v) is 13.2. The molecule has 0 bridgehead atoms. The quantitative estimate of drug-likeness (QED) is 0.664. The van der Waals surface area contributed by atoms with Crippen molar-refractivity contribution in [1.29, 1.82) is 0 Å². The molecule has 0 fully saturated rings. The fraction of sp³-hybridized carbons (Fsp3) is 0.143. The molecule has 2 aromatic carbocycles. The van der Waals surface area contributed by atoms with Crippen LogP contribution < -0.4 is 0 Å². The van der Waals surface area contributed by atoms with Gasteiger partial charge in [0.15, 0.2) is 0 Å². The van der Waals surface area contributed by atoms with E-state index in [-0.39, 0.29) is 17.1 Å². The number of hydrogen-bond donors (Lipinski definition) is 0. The molecule has 0 unspecified atom stereocenters. The third-order valence-corrected chi connectivity index (χ3v) is 3.41. The van der Waals surface area contributed by atoms with Crippen LogP contribution in [-0.4, -0.2) is 5.48 Å². The van der Waals surface area contributed by atoms with Crippen LogP contribution in [0.2, 0.25) is 0 Å². The zero-order valence-electron chi connectivity index (χ0n) is 10.0. The lowest BCUT2D eigenvalue weighted by Crippen LogP contribution is -1.81. The molecule has 0 spiro atoms. The second-order valence-electron chi connectivity index (χ2n) is 3.45. The van der Waals surface area contributed by atoms with Crippen molar-refractivity contribution in [3.05, 3.63) is 71.3 Å². The van der Waals surface area contributed by atoms with Gasteiger partial charge in [-0.25, -0.2) is 8.78 Å². The molecular formula is C14H14Br2F2O. The number of hydrogen-bond acceptors (Lipinski definition) is 0. The first-order valence-electron chi connectivity index (χ1n) is 5.27. The van der Waals surface area contributed by atoms with Gasteiger partial charge in [-0.05, 0) is 23.3 Å². The molecular weight excluding hydrogens is 382 g/mol. The van der Waals surface area contributed by atoms with E-state index < -0.39 is 0 Å². The fourth-order valence-electron chi connectivity index (χ4n) is 1.21. The SMILES string of the molecule is Fc1ccccc1CBr.Fc1ccccc1CBr.O. The van der Waals surface area contributed by atoms with Gasteiger partial charge in [-0.3, -0.25) is 0 Å². The van der Waals surface area contributed by atoms with Crippen molar-refractivity contribution < 1.29 is 14.3 Å². The van der Waals surface area contributed by atoms with Gasteiger partial charge in [0, 0.05) is 10.7 Å². The number of alkyl halides is 2. The van der Waals surface area contributed by atoms with Gasteiger partial charge < -0.3 is 5.48 Å². The van der Waals surface area contributed by atoms with E-state index in [0.717, 1.165) is 0 Å². The summed E-state index contributed by atoms with van der Waals surface area (Å²) in [5.74, 6) is -0.288. The Bertz CT molecular complexity index is 447. The van der Waals surface area contributed by atoms with Gasteiger partial charge in [0.1, 0.15) is 11.6 Å². The molecule has 0 saturated carbocycles. The van der Waals surface area contributed by atoms with E-state index in [2.05, 4.69) is 31.9 Å². The largest absolute Gasteiger partial charge is 0.412 e. The lowest BCUT2D eigenvalue weighted by molar-refractivity contribution is 0.617. The van der Waals surface area contributed by atoms with Crippen LogP contribution >= 0.6 is 31.9 Å². The Balaban J connectivity index is 0.000000324. The average Bonchev–Trinajstić information content (AvgIpc) is 2.41. The van der Waals surface area contributed by atoms with Crippen molar-refractivity contribution in [2.24, 2.45) is 0 Å². The minimum Gasteiger partial charge on any atom is -0.412 e. The zero-order chi connectivity index (χ0) is 13.4. The molecule has 0 aromatic heterocycles. The standard InChI is InChI=1S/2C7H6BrF.H2O/c2*8-5-6-3-1-2-4-7(6)9;/h2*1-4H,5H2;1H2. The maximum Gasteiger partial charge on any atom is 0.127 e. The maximum atomic E-state index is 12.6. The summed E-state index contributed by atoms with van der Waals surface area (Å²) in [7, 11) is 0. The van der Waals surface area contributed by atoms with Crippen molar-refractivity contribution in [2.75, 3.05) is 0 Å². The van der Waals surface area contributed by atoms with Crippen LogP contribution in [0, 0.1) is 11.6 Å². The summed E-state index contributed by atoms with van der Waals surface area (Å²) in [6, 6.07) is 13.4. The van der Waals surface area contributed by atoms with Crippen LogP contribution in [0.5, 0.6) is 0 Å². The second kappa shape index (κ2) is 10.1. The smallest absolute Gasteiger partial charge is 0.127 e. The monoisotopic (exact) mass is 394 g/mol. The Kier molecular flexibility index (Phi) is 9.65. The lowest BCUT2D eigenvalue weighted by Gasteiger charge is -1.93. The number of rotatable bonds is 2. The van der Waals surface area contributed by atoms with E-state index in [1.165, 1.54) is 12.1 Å². The molecule has 0 heterocycles. The Morgan fingerprint density at radius 3 is 1.21 bits per heavy atom. The van der Waals surface area contributed by atoms with Gasteiger partial charge in [-0.1, -0.05) is 68.3 Å². The van der Waals surface area contributed by atoms with Gasteiger partial charge in [0.25, 0.3) is 0 Å². The third kappa shape index (κ3) is 6.27. The molecule has 2 aromatic rings. The van der Waals surface area contributed by atoms with Crippen LogP contribution in [0.3, 0.4) is 0 Å². The molecule has 0 amide bonds. The normalized spacial score (nSPS) is 9.05. The predicted molar refractivity (Wildman–Crippen MR) is 81.7 cm³/mol. The molecule has 19 heavy (non-hydrogen) atoms. The lowest BCUT2D eigenvalue weighted by atomic mass is 10.2. The molecule has 0 aliphatic heterocycles. The van der Waals surface area contributed by atoms with E-state index in [9.17, 15) is 8.78 Å². The molecule has 0 radical (unpaired) electrons. The Hall–Kier alpha value is -0.780. The van der Waals surface area contributed by atoms with Crippen molar-refractivity contribution in [1.82, 2.24) is 0 Å². The van der Waals surface area contributed by atoms with E-state index in [0.29, 0.717) is 21.8 Å². The molecule has 0 atom stereocenters. The summed E-state index contributed by atoms with van der Waals surface area (Å²) < 4.78 is 25.1. The molecule has 5 heteroatoms. The van der Waals surface area contributed by atoms with Gasteiger partial charge >= 0.3 is 0 Å². The maximum absolute atomic E-state index is 12.6. The molecule has 1 nitrogen and oxygen atoms in total. The van der Waals surface area contributed by atoms with Gasteiger partial charge in [-0.2, -0.15) is 0 Å². The molecule has 0 aliphatic carbocycles. The van der Waals surface area contributed by atoms with Crippen LogP contribution in [0.15, 0.2) is 48.5 Å². The van der Waals surface area contributed by atoms with Gasteiger partial charge in [0.05, 0.1) is 0 Å². The highest BCUT2D eigenvalue weighted by Crippen LogP contribution is 2.09. The van der Waals surface area contributed by atoms with E-state index in [4.69, 9.17) is 0 Å². The van der Waals surface area contributed by atoms with Crippen LogP contribution in [0.1, 0.15) is 11.1 Å². The molecule has 104 valence electrons. The van der Waals surface area contributed by atoms with Gasteiger partial charge in [-0.15, -0.1) is 0 Å². The van der Waals surface area contributed by atoms with Crippen LogP contribution in [0.4, 0.5) is 8.78 Å². The first-order chi connectivity index (χ1) is 8.69. The Morgan fingerprint density at radius 2 is 1.00 bits per heavy atom. The highest BCUT2D eigenvalue weighted by atomic mass is 79.9. The van der Waals surface area contributed by atoms with Crippen molar-refractivity contribution >= 4 is 31.9 Å². The number of benzene rings is 2. The summed E-state index contributed by atoms with van der Waals surface area (Å²) in [5.41, 5.74) is 1.41. The third-order valence-electron chi connectivity index (χ3n) is 2.20. The van der Waals surface area contributed by atoms with Crippen molar-refractivity contribution in [3.63, 3.8) is 0 Å². The number of halogens is 4. The summed E-state index contributed by atoms with van der Waals surface area (Å²) >= 11 is 6.34. The minimum absolute atomic E-state index is 0. The summed E-state index contributed by atoms with van der Waals surface area (Å²) in [5, 5.41) is 1.17. The Labute approximate surface area is 128 Å².